The first-order valence-electron chi connectivity index (χ1n) is 5.60. The van der Waals surface area contributed by atoms with Gasteiger partial charge in [0.1, 0.15) is 0 Å². The maximum absolute atomic E-state index is 11.2. The van der Waals surface area contributed by atoms with Gasteiger partial charge in [0.05, 0.1) is 7.11 Å². The van der Waals surface area contributed by atoms with Gasteiger partial charge in [0.15, 0.2) is 0 Å². The van der Waals surface area contributed by atoms with Crippen LogP contribution in [0.5, 0.6) is 0 Å². The van der Waals surface area contributed by atoms with Gasteiger partial charge in [-0.05, 0) is 25.2 Å². The van der Waals surface area contributed by atoms with Crippen molar-refractivity contribution in [3.8, 4) is 0 Å². The summed E-state index contributed by atoms with van der Waals surface area (Å²) in [7, 11) is 1.44. The van der Waals surface area contributed by atoms with Gasteiger partial charge in [-0.15, -0.1) is 0 Å². The van der Waals surface area contributed by atoms with Crippen LogP contribution in [0.25, 0.3) is 0 Å². The van der Waals surface area contributed by atoms with Crippen molar-refractivity contribution in [1.29, 1.82) is 0 Å². The monoisotopic (exact) mass is 197 g/mol. The number of carbonyl (C=O) groups is 1. The van der Waals surface area contributed by atoms with Gasteiger partial charge in [0, 0.05) is 5.54 Å². The third kappa shape index (κ3) is 1.86. The van der Waals surface area contributed by atoms with E-state index in [1.54, 1.807) is 0 Å². The topological polar surface area (TPSA) is 38.3 Å². The van der Waals surface area contributed by atoms with E-state index in [9.17, 15) is 4.79 Å². The summed E-state index contributed by atoms with van der Waals surface area (Å²) < 4.78 is 4.69. The summed E-state index contributed by atoms with van der Waals surface area (Å²) in [5, 5.41) is 3.05. The SMILES string of the molecule is COC(=O)NC12CCCC(CCC1)C2. The quantitative estimate of drug-likeness (QED) is 0.701. The van der Waals surface area contributed by atoms with Crippen molar-refractivity contribution in [1.82, 2.24) is 5.32 Å². The van der Waals surface area contributed by atoms with E-state index in [2.05, 4.69) is 10.1 Å². The molecule has 0 saturated heterocycles. The molecule has 2 saturated carbocycles. The summed E-state index contributed by atoms with van der Waals surface area (Å²) in [6.07, 6.45) is 8.41. The van der Waals surface area contributed by atoms with Crippen LogP contribution in [0.4, 0.5) is 4.79 Å². The van der Waals surface area contributed by atoms with E-state index in [0.717, 1.165) is 18.8 Å². The summed E-state index contributed by atoms with van der Waals surface area (Å²) >= 11 is 0. The molecule has 0 spiro atoms. The highest BCUT2D eigenvalue weighted by molar-refractivity contribution is 5.68. The molecule has 0 radical (unpaired) electrons. The lowest BCUT2D eigenvalue weighted by molar-refractivity contribution is 0.0999. The zero-order valence-electron chi connectivity index (χ0n) is 8.84. The Bertz CT molecular complexity index is 217. The number of amides is 1. The van der Waals surface area contributed by atoms with Crippen molar-refractivity contribution in [2.75, 3.05) is 7.11 Å². The van der Waals surface area contributed by atoms with Crippen LogP contribution in [0.3, 0.4) is 0 Å². The first kappa shape index (κ1) is 9.81. The third-order valence-electron chi connectivity index (χ3n) is 3.77. The summed E-state index contributed by atoms with van der Waals surface area (Å²) in [6.45, 7) is 0. The lowest BCUT2D eigenvalue weighted by Gasteiger charge is -2.45. The minimum atomic E-state index is -0.257. The van der Waals surface area contributed by atoms with E-state index in [4.69, 9.17) is 0 Å². The average molecular weight is 197 g/mol. The number of ether oxygens (including phenoxy) is 1. The van der Waals surface area contributed by atoms with Crippen LogP contribution in [-0.2, 0) is 4.74 Å². The second kappa shape index (κ2) is 3.79. The Balaban J connectivity index is 2.01. The summed E-state index contributed by atoms with van der Waals surface area (Å²) in [6, 6.07) is 0. The third-order valence-corrected chi connectivity index (χ3v) is 3.77. The Kier molecular flexibility index (Phi) is 2.66. The molecule has 0 aromatic heterocycles. The largest absolute Gasteiger partial charge is 0.453 e. The van der Waals surface area contributed by atoms with Gasteiger partial charge in [-0.3, -0.25) is 0 Å². The fourth-order valence-electron chi connectivity index (χ4n) is 3.13. The fraction of sp³-hybridized carbons (Fsp3) is 0.909. The number of hydrogen-bond donors (Lipinski definition) is 1. The number of fused-ring (bicyclic) bond motifs is 2. The number of nitrogens with one attached hydrogen (secondary N) is 1. The smallest absolute Gasteiger partial charge is 0.407 e. The molecule has 2 aliphatic rings. The van der Waals surface area contributed by atoms with Crippen LogP contribution in [-0.4, -0.2) is 18.7 Å². The van der Waals surface area contributed by atoms with Crippen LogP contribution in [0.2, 0.25) is 0 Å². The molecule has 2 fully saturated rings. The highest BCUT2D eigenvalue weighted by Gasteiger charge is 2.40. The molecule has 14 heavy (non-hydrogen) atoms. The molecule has 0 atom stereocenters. The fourth-order valence-corrected chi connectivity index (χ4v) is 3.13. The van der Waals surface area contributed by atoms with Gasteiger partial charge < -0.3 is 10.1 Å². The molecule has 0 unspecified atom stereocenters. The first-order valence-corrected chi connectivity index (χ1v) is 5.60. The molecule has 2 aliphatic carbocycles. The standard InChI is InChI=1S/C11H19NO2/c1-14-10(13)12-11-6-2-4-9(8-11)5-3-7-11/h9H,2-8H2,1H3,(H,12,13). The second-order valence-electron chi connectivity index (χ2n) is 4.75. The van der Waals surface area contributed by atoms with Crippen molar-refractivity contribution in [3.05, 3.63) is 0 Å². The average Bonchev–Trinajstić information content (AvgIpc) is 2.17. The zero-order chi connectivity index (χ0) is 10.0. The summed E-state index contributed by atoms with van der Waals surface area (Å²) in [5.74, 6) is 0.842. The van der Waals surface area contributed by atoms with E-state index in [0.29, 0.717) is 0 Å². The van der Waals surface area contributed by atoms with Crippen LogP contribution in [0.15, 0.2) is 0 Å². The van der Waals surface area contributed by atoms with E-state index in [1.807, 2.05) is 0 Å². The van der Waals surface area contributed by atoms with Crippen molar-refractivity contribution in [3.63, 3.8) is 0 Å². The molecule has 3 nitrogen and oxygen atoms in total. The zero-order valence-corrected chi connectivity index (χ0v) is 8.84. The van der Waals surface area contributed by atoms with Crippen molar-refractivity contribution >= 4 is 6.09 Å². The summed E-state index contributed by atoms with van der Waals surface area (Å²) in [5.41, 5.74) is 0.0776. The van der Waals surface area contributed by atoms with Crippen LogP contribution in [0.1, 0.15) is 44.9 Å². The highest BCUT2D eigenvalue weighted by Crippen LogP contribution is 2.42. The van der Waals surface area contributed by atoms with Crippen molar-refractivity contribution < 1.29 is 9.53 Å². The van der Waals surface area contributed by atoms with Gasteiger partial charge in [-0.2, -0.15) is 0 Å². The Morgan fingerprint density at radius 3 is 2.57 bits per heavy atom. The van der Waals surface area contributed by atoms with Crippen LogP contribution in [0, 0.1) is 5.92 Å². The predicted octanol–water partition coefficient (Wildman–Crippen LogP) is 2.46. The Labute approximate surface area is 85.2 Å². The molecular formula is C11H19NO2. The second-order valence-corrected chi connectivity index (χ2v) is 4.75. The minimum Gasteiger partial charge on any atom is -0.453 e. The molecule has 0 aromatic carbocycles. The number of methoxy groups -OCH3 is 1. The number of alkyl carbamates (subject to hydrolysis) is 1. The summed E-state index contributed by atoms with van der Waals surface area (Å²) in [4.78, 5) is 11.2. The molecule has 80 valence electrons. The normalized spacial score (nSPS) is 36.2. The lowest BCUT2D eigenvalue weighted by Crippen LogP contribution is -2.53. The lowest BCUT2D eigenvalue weighted by atomic mass is 9.67. The van der Waals surface area contributed by atoms with Gasteiger partial charge >= 0.3 is 6.09 Å². The van der Waals surface area contributed by atoms with Gasteiger partial charge in [-0.1, -0.05) is 25.7 Å². The maximum atomic E-state index is 11.2. The van der Waals surface area contributed by atoms with Crippen molar-refractivity contribution in [2.24, 2.45) is 5.92 Å². The van der Waals surface area contributed by atoms with Gasteiger partial charge in [0.2, 0.25) is 0 Å². The van der Waals surface area contributed by atoms with E-state index >= 15 is 0 Å². The van der Waals surface area contributed by atoms with Crippen molar-refractivity contribution in [2.45, 2.75) is 50.5 Å². The highest BCUT2D eigenvalue weighted by atomic mass is 16.5. The Morgan fingerprint density at radius 1 is 1.36 bits per heavy atom. The number of carbonyl (C=O) groups excluding carboxylic acids is 1. The minimum absolute atomic E-state index is 0.0776. The molecular weight excluding hydrogens is 178 g/mol. The molecule has 2 rings (SSSR count). The van der Waals surface area contributed by atoms with Gasteiger partial charge in [0.25, 0.3) is 0 Å². The van der Waals surface area contributed by atoms with E-state index in [-0.39, 0.29) is 11.6 Å². The predicted molar refractivity (Wildman–Crippen MR) is 54.1 cm³/mol. The molecule has 1 amide bonds. The molecule has 1 N–H and O–H groups in total. The first-order chi connectivity index (χ1) is 6.74. The van der Waals surface area contributed by atoms with Crippen LogP contribution < -0.4 is 5.32 Å². The Hall–Kier alpha value is -0.730. The molecule has 0 aromatic rings. The molecule has 2 bridgehead atoms. The maximum Gasteiger partial charge on any atom is 0.407 e. The Morgan fingerprint density at radius 2 is 2.00 bits per heavy atom. The van der Waals surface area contributed by atoms with Gasteiger partial charge in [-0.25, -0.2) is 4.79 Å². The van der Waals surface area contributed by atoms with E-state index in [1.165, 1.54) is 39.2 Å². The molecule has 0 aliphatic heterocycles. The number of hydrogen-bond acceptors (Lipinski definition) is 2. The van der Waals surface area contributed by atoms with E-state index < -0.39 is 0 Å². The van der Waals surface area contributed by atoms with Crippen LogP contribution >= 0.6 is 0 Å². The number of rotatable bonds is 1. The molecule has 0 heterocycles. The molecule has 3 heteroatoms.